The zero-order chi connectivity index (χ0) is 15.5. The molecule has 1 atom stereocenters. The van der Waals surface area contributed by atoms with E-state index in [1.165, 1.54) is 5.56 Å². The first-order valence-electron chi connectivity index (χ1n) is 6.85. The van der Waals surface area contributed by atoms with Gasteiger partial charge in [-0.15, -0.1) is 11.8 Å². The monoisotopic (exact) mass is 308 g/mol. The highest BCUT2D eigenvalue weighted by atomic mass is 32.2. The molecular weight excluding hydrogens is 280 g/mol. The number of aryl methyl sites for hydroxylation is 1. The average molecular weight is 308 g/mol. The molecule has 0 aliphatic carbocycles. The molecule has 0 bridgehead atoms. The maximum Gasteiger partial charge on any atom is 0.0816 e. The van der Waals surface area contributed by atoms with Crippen LogP contribution in [0.15, 0.2) is 29.3 Å². The van der Waals surface area contributed by atoms with Gasteiger partial charge in [0.25, 0.3) is 0 Å². The summed E-state index contributed by atoms with van der Waals surface area (Å²) in [7, 11) is 0. The second kappa shape index (κ2) is 12.3. The van der Waals surface area contributed by atoms with E-state index in [1.54, 1.807) is 18.7 Å². The van der Waals surface area contributed by atoms with Crippen LogP contribution in [0.1, 0.15) is 38.8 Å². The van der Waals surface area contributed by atoms with E-state index < -0.39 is 0 Å². The normalized spacial score (nSPS) is 14.8. The van der Waals surface area contributed by atoms with Crippen molar-refractivity contribution in [2.24, 2.45) is 4.99 Å². The third-order valence-corrected chi connectivity index (χ3v) is 3.33. The second-order valence-electron chi connectivity index (χ2n) is 4.28. The van der Waals surface area contributed by atoms with Crippen molar-refractivity contribution in [3.63, 3.8) is 0 Å². The predicted molar refractivity (Wildman–Crippen MR) is 98.2 cm³/mol. The molecule has 0 amide bonds. The average Bonchev–Trinajstić information content (AvgIpc) is 2.93. The molecule has 1 heterocycles. The Morgan fingerprint density at radius 2 is 1.71 bits per heavy atom. The number of hydrogen-bond acceptors (Lipinski definition) is 5. The molecule has 118 valence electrons. The molecule has 0 saturated heterocycles. The number of benzene rings is 1. The first kappa shape index (κ1) is 21.8. The second-order valence-corrected chi connectivity index (χ2v) is 5.57. The number of aliphatic imine (C=N–C) groups is 1. The fourth-order valence-electron chi connectivity index (χ4n) is 1.32. The van der Waals surface area contributed by atoms with Gasteiger partial charge >= 0.3 is 0 Å². The van der Waals surface area contributed by atoms with Crippen LogP contribution in [0.4, 0.5) is 0 Å². The van der Waals surface area contributed by atoms with Crippen LogP contribution in [0.2, 0.25) is 0 Å². The summed E-state index contributed by atoms with van der Waals surface area (Å²) in [5.41, 5.74) is 4.51. The molecule has 2 rings (SSSR count). The predicted octanol–water partition coefficient (Wildman–Crippen LogP) is 4.74. The van der Waals surface area contributed by atoms with Gasteiger partial charge in [-0.1, -0.05) is 50.6 Å². The van der Waals surface area contributed by atoms with Gasteiger partial charge in [0, 0.05) is 10.8 Å². The third-order valence-electron chi connectivity index (χ3n) is 2.45. The van der Waals surface area contributed by atoms with Crippen molar-refractivity contribution in [2.45, 2.75) is 39.9 Å². The van der Waals surface area contributed by atoms with E-state index in [4.69, 9.17) is 10.8 Å². The molecule has 0 radical (unpaired) electrons. The van der Waals surface area contributed by atoms with Crippen LogP contribution in [0.25, 0.3) is 0 Å². The fraction of sp³-hybridized carbons (Fsp3) is 0.438. The highest BCUT2D eigenvalue weighted by Crippen LogP contribution is 2.12. The Kier molecular flexibility index (Phi) is 12.8. The molecule has 1 unspecified atom stereocenters. The summed E-state index contributed by atoms with van der Waals surface area (Å²) in [5, 5.41) is 15.5. The lowest BCUT2D eigenvalue weighted by molar-refractivity contribution is 0.978. The summed E-state index contributed by atoms with van der Waals surface area (Å²) in [5.74, 6) is 0. The van der Waals surface area contributed by atoms with E-state index in [9.17, 15) is 0 Å². The van der Waals surface area contributed by atoms with Gasteiger partial charge in [-0.25, -0.2) is 0 Å². The fourth-order valence-corrected chi connectivity index (χ4v) is 1.87. The lowest BCUT2D eigenvalue weighted by Gasteiger charge is -2.01. The van der Waals surface area contributed by atoms with Gasteiger partial charge in [0.05, 0.1) is 23.5 Å². The van der Waals surface area contributed by atoms with Crippen molar-refractivity contribution in [1.82, 2.24) is 6.15 Å². The van der Waals surface area contributed by atoms with E-state index in [2.05, 4.69) is 11.9 Å². The van der Waals surface area contributed by atoms with Gasteiger partial charge in [0.2, 0.25) is 0 Å². The van der Waals surface area contributed by atoms with Crippen LogP contribution in [0.3, 0.4) is 0 Å². The zero-order valence-electron chi connectivity index (χ0n) is 13.7. The van der Waals surface area contributed by atoms with Crippen molar-refractivity contribution >= 4 is 28.7 Å². The van der Waals surface area contributed by atoms with Gasteiger partial charge in [0.15, 0.2) is 0 Å². The topological polar surface area (TPSA) is 95.1 Å². The Morgan fingerprint density at radius 1 is 1.19 bits per heavy atom. The van der Waals surface area contributed by atoms with Crippen LogP contribution >= 0.6 is 11.8 Å². The van der Waals surface area contributed by atoms with Crippen molar-refractivity contribution in [2.75, 3.05) is 6.54 Å². The molecule has 21 heavy (non-hydrogen) atoms. The molecule has 1 aliphatic rings. The first-order chi connectivity index (χ1) is 9.50. The number of nitrogens with one attached hydrogen (secondary N) is 2. The van der Waals surface area contributed by atoms with E-state index in [0.29, 0.717) is 11.4 Å². The van der Waals surface area contributed by atoms with Crippen LogP contribution in [-0.2, 0) is 0 Å². The Balaban J connectivity index is 0. The van der Waals surface area contributed by atoms with E-state index >= 15 is 0 Å². The molecule has 4 nitrogen and oxygen atoms in total. The Morgan fingerprint density at radius 3 is 2.00 bits per heavy atom. The smallest absolute Gasteiger partial charge is 0.0816 e. The minimum Gasteiger partial charge on any atom is -0.344 e. The molecule has 0 fully saturated rings. The SMILES string of the molecule is CC.CC(=N)C(=N)c1ccc(C)cc1.CC1CN=CS1.N. The highest BCUT2D eigenvalue weighted by Gasteiger charge is 2.02. The quantitative estimate of drug-likeness (QED) is 0.688. The van der Waals surface area contributed by atoms with Crippen molar-refractivity contribution in [3.8, 4) is 0 Å². The van der Waals surface area contributed by atoms with Crippen LogP contribution in [0.5, 0.6) is 0 Å². The molecule has 5 heteroatoms. The van der Waals surface area contributed by atoms with Crippen LogP contribution in [-0.4, -0.2) is 28.8 Å². The summed E-state index contributed by atoms with van der Waals surface area (Å²) >= 11 is 1.81. The van der Waals surface area contributed by atoms with E-state index in [1.807, 2.05) is 50.6 Å². The van der Waals surface area contributed by atoms with Gasteiger partial charge < -0.3 is 11.6 Å². The lowest BCUT2D eigenvalue weighted by Crippen LogP contribution is -2.08. The largest absolute Gasteiger partial charge is 0.344 e. The van der Waals surface area contributed by atoms with Crippen molar-refractivity contribution in [3.05, 3.63) is 35.4 Å². The molecule has 0 aromatic heterocycles. The lowest BCUT2D eigenvalue weighted by atomic mass is 10.1. The van der Waals surface area contributed by atoms with E-state index in [0.717, 1.165) is 17.4 Å². The molecule has 5 N–H and O–H groups in total. The summed E-state index contributed by atoms with van der Waals surface area (Å²) in [4.78, 5) is 4.00. The Hall–Kier alpha value is -1.46. The number of nitrogens with zero attached hydrogens (tertiary/aromatic N) is 1. The van der Waals surface area contributed by atoms with Gasteiger partial charge in [0.1, 0.15) is 0 Å². The number of hydrogen-bond donors (Lipinski definition) is 3. The molecule has 0 saturated carbocycles. The Bertz CT molecular complexity index is 444. The number of rotatable bonds is 2. The maximum atomic E-state index is 7.53. The van der Waals surface area contributed by atoms with Crippen LogP contribution in [0, 0.1) is 17.7 Å². The molecule has 0 spiro atoms. The molecule has 1 aromatic rings. The zero-order valence-corrected chi connectivity index (χ0v) is 14.6. The van der Waals surface area contributed by atoms with Gasteiger partial charge in [-0.05, 0) is 13.8 Å². The summed E-state index contributed by atoms with van der Waals surface area (Å²) < 4.78 is 0. The Labute approximate surface area is 133 Å². The molecule has 1 aromatic carbocycles. The molecule has 1 aliphatic heterocycles. The maximum absolute atomic E-state index is 7.53. The van der Waals surface area contributed by atoms with E-state index in [-0.39, 0.29) is 6.15 Å². The standard InChI is InChI=1S/C10H12N2.C4H7NS.C2H6.H3N/c1-7-3-5-9(6-4-7)10(12)8(2)11;1-4-2-5-3-6-4;1-2;/h3-6,11-12H,1-2H3;3-4H,2H2,1H3;1-2H3;1H3. The molecular formula is C16H28N4S. The summed E-state index contributed by atoms with van der Waals surface area (Å²) in [6, 6.07) is 7.64. The third kappa shape index (κ3) is 9.15. The van der Waals surface area contributed by atoms with Crippen LogP contribution < -0.4 is 6.15 Å². The van der Waals surface area contributed by atoms with Gasteiger partial charge in [-0.3, -0.25) is 10.4 Å². The van der Waals surface area contributed by atoms with Gasteiger partial charge in [-0.2, -0.15) is 0 Å². The minimum atomic E-state index is 0. The minimum absolute atomic E-state index is 0. The summed E-state index contributed by atoms with van der Waals surface area (Å²) in [6.45, 7) is 10.8. The van der Waals surface area contributed by atoms with Crippen molar-refractivity contribution in [1.29, 1.82) is 10.8 Å². The highest BCUT2D eigenvalue weighted by molar-refractivity contribution is 8.12. The number of thioether (sulfide) groups is 1. The van der Waals surface area contributed by atoms with Crippen molar-refractivity contribution < 1.29 is 0 Å². The first-order valence-corrected chi connectivity index (χ1v) is 7.80. The summed E-state index contributed by atoms with van der Waals surface area (Å²) in [6.07, 6.45) is 0.